The van der Waals surface area contributed by atoms with Gasteiger partial charge in [-0.2, -0.15) is 0 Å². The standard InChI is InChI=1S/C30H46O.C25H36O/c1-7-10-12-13-14-20-31-29-19-18-28(22-25(29)6)30(26(9-3)15-11-8-2)27-17-16-23(4)24(5)21-27;1-7-8-9-10-11-16-26-24-15-14-23(18-21(24)4)25(5,6)22-13-12-19(2)20(3)17-22/h16-19,21-22,26,30H,7-15,20H2,1-6H3;12-15,17-18H,7-11,16H2,1-6H3. The van der Waals surface area contributed by atoms with Crippen LogP contribution in [-0.4, -0.2) is 13.2 Å². The van der Waals surface area contributed by atoms with Crippen molar-refractivity contribution in [2.45, 2.75) is 184 Å². The molecule has 0 spiro atoms. The first-order valence-electron chi connectivity index (χ1n) is 23.0. The van der Waals surface area contributed by atoms with Crippen molar-refractivity contribution >= 4 is 0 Å². The Balaban J connectivity index is 0.000000310. The van der Waals surface area contributed by atoms with E-state index in [2.05, 4.69) is 156 Å². The van der Waals surface area contributed by atoms with Gasteiger partial charge in [0.25, 0.3) is 0 Å². The van der Waals surface area contributed by atoms with Crippen LogP contribution in [0.2, 0.25) is 0 Å². The van der Waals surface area contributed by atoms with Crippen molar-refractivity contribution in [3.05, 3.63) is 128 Å². The third kappa shape index (κ3) is 15.0. The predicted molar refractivity (Wildman–Crippen MR) is 250 cm³/mol. The van der Waals surface area contributed by atoms with E-state index < -0.39 is 0 Å². The Morgan fingerprint density at radius 1 is 0.439 bits per heavy atom. The first-order valence-corrected chi connectivity index (χ1v) is 23.0. The van der Waals surface area contributed by atoms with E-state index in [0.717, 1.165) is 37.6 Å². The third-order valence-corrected chi connectivity index (χ3v) is 12.5. The fraction of sp³-hybridized carbons (Fsp3) is 0.564. The number of benzene rings is 4. The summed E-state index contributed by atoms with van der Waals surface area (Å²) in [6.07, 6.45) is 17.8. The monoisotopic (exact) mass is 775 g/mol. The van der Waals surface area contributed by atoms with Crippen LogP contribution in [0.5, 0.6) is 11.5 Å². The van der Waals surface area contributed by atoms with E-state index in [4.69, 9.17) is 9.47 Å². The fourth-order valence-corrected chi connectivity index (χ4v) is 8.07. The molecule has 2 unspecified atom stereocenters. The van der Waals surface area contributed by atoms with Gasteiger partial charge in [0, 0.05) is 11.3 Å². The molecule has 0 radical (unpaired) electrons. The van der Waals surface area contributed by atoms with Crippen LogP contribution in [0.15, 0.2) is 72.8 Å². The Bertz CT molecular complexity index is 1750. The van der Waals surface area contributed by atoms with Crippen molar-refractivity contribution in [2.75, 3.05) is 13.2 Å². The van der Waals surface area contributed by atoms with E-state index in [0.29, 0.717) is 11.8 Å². The van der Waals surface area contributed by atoms with E-state index in [1.54, 1.807) is 0 Å². The summed E-state index contributed by atoms with van der Waals surface area (Å²) in [7, 11) is 0. The van der Waals surface area contributed by atoms with Gasteiger partial charge in [0.2, 0.25) is 0 Å². The molecule has 0 N–H and O–H groups in total. The summed E-state index contributed by atoms with van der Waals surface area (Å²) >= 11 is 0. The summed E-state index contributed by atoms with van der Waals surface area (Å²) in [5.41, 5.74) is 13.6. The number of ether oxygens (including phenoxy) is 2. The largest absolute Gasteiger partial charge is 0.493 e. The summed E-state index contributed by atoms with van der Waals surface area (Å²) in [5.74, 6) is 3.21. The summed E-state index contributed by atoms with van der Waals surface area (Å²) in [4.78, 5) is 0. The molecule has 0 aliphatic heterocycles. The van der Waals surface area contributed by atoms with E-state index in [-0.39, 0.29) is 5.41 Å². The van der Waals surface area contributed by atoms with Crippen LogP contribution in [0.1, 0.15) is 193 Å². The van der Waals surface area contributed by atoms with Gasteiger partial charge >= 0.3 is 0 Å². The van der Waals surface area contributed by atoms with Crippen LogP contribution in [0, 0.1) is 47.5 Å². The van der Waals surface area contributed by atoms with Crippen molar-refractivity contribution in [1.29, 1.82) is 0 Å². The molecule has 0 saturated heterocycles. The average Bonchev–Trinajstić information content (AvgIpc) is 3.19. The van der Waals surface area contributed by atoms with Crippen LogP contribution in [0.4, 0.5) is 0 Å². The molecule has 0 heterocycles. The Kier molecular flexibility index (Phi) is 21.0. The molecule has 0 aromatic heterocycles. The predicted octanol–water partition coefficient (Wildman–Crippen LogP) is 16.6. The van der Waals surface area contributed by atoms with Gasteiger partial charge in [-0.1, -0.05) is 173 Å². The lowest BCUT2D eigenvalue weighted by molar-refractivity contribution is 0.302. The second-order valence-corrected chi connectivity index (χ2v) is 17.6. The highest BCUT2D eigenvalue weighted by molar-refractivity contribution is 5.46. The summed E-state index contributed by atoms with van der Waals surface area (Å²) in [5, 5.41) is 0. The highest BCUT2D eigenvalue weighted by Gasteiger charge is 2.26. The van der Waals surface area contributed by atoms with Crippen LogP contribution in [0.3, 0.4) is 0 Å². The molecule has 0 saturated carbocycles. The Labute approximate surface area is 351 Å². The Hall–Kier alpha value is -3.52. The van der Waals surface area contributed by atoms with E-state index in [9.17, 15) is 0 Å². The second-order valence-electron chi connectivity index (χ2n) is 17.6. The van der Waals surface area contributed by atoms with Gasteiger partial charge in [-0.05, 0) is 134 Å². The molecular weight excluding hydrogens is 693 g/mol. The van der Waals surface area contributed by atoms with Crippen LogP contribution in [-0.2, 0) is 5.41 Å². The smallest absolute Gasteiger partial charge is 0.122 e. The lowest BCUT2D eigenvalue weighted by Crippen LogP contribution is -2.19. The minimum atomic E-state index is -0.0120. The topological polar surface area (TPSA) is 18.5 Å². The molecule has 314 valence electrons. The minimum absolute atomic E-state index is 0.0120. The first-order chi connectivity index (χ1) is 27.4. The SMILES string of the molecule is CCCCCCCOc1ccc(C(C)(C)c2ccc(C)c(C)c2)cc1C.CCCCCCCOc1ccc(C(c2ccc(C)c(C)c2)C(CC)CCCC)cc1C. The number of rotatable bonds is 23. The van der Waals surface area contributed by atoms with E-state index in [1.165, 1.54) is 133 Å². The number of hydrogen-bond donors (Lipinski definition) is 0. The van der Waals surface area contributed by atoms with Crippen molar-refractivity contribution in [3.63, 3.8) is 0 Å². The number of hydrogen-bond acceptors (Lipinski definition) is 2. The van der Waals surface area contributed by atoms with Gasteiger partial charge in [0.15, 0.2) is 0 Å². The zero-order valence-electron chi connectivity index (χ0n) is 38.7. The molecule has 2 heteroatoms. The van der Waals surface area contributed by atoms with Gasteiger partial charge in [-0.15, -0.1) is 0 Å². The summed E-state index contributed by atoms with van der Waals surface area (Å²) in [6.45, 7) is 28.6. The average molecular weight is 775 g/mol. The molecule has 57 heavy (non-hydrogen) atoms. The van der Waals surface area contributed by atoms with Gasteiger partial charge in [0.05, 0.1) is 13.2 Å². The van der Waals surface area contributed by atoms with E-state index in [1.807, 2.05) is 0 Å². The molecule has 0 aliphatic carbocycles. The molecule has 0 amide bonds. The molecule has 2 nitrogen and oxygen atoms in total. The van der Waals surface area contributed by atoms with Crippen molar-refractivity contribution in [1.82, 2.24) is 0 Å². The molecule has 2 atom stereocenters. The summed E-state index contributed by atoms with van der Waals surface area (Å²) < 4.78 is 12.2. The van der Waals surface area contributed by atoms with Crippen LogP contribution >= 0.6 is 0 Å². The zero-order chi connectivity index (χ0) is 41.8. The highest BCUT2D eigenvalue weighted by Crippen LogP contribution is 2.39. The molecule has 4 aromatic rings. The van der Waals surface area contributed by atoms with Crippen LogP contribution < -0.4 is 9.47 Å². The lowest BCUT2D eigenvalue weighted by atomic mass is 9.76. The maximum absolute atomic E-state index is 6.14. The molecule has 0 bridgehead atoms. The third-order valence-electron chi connectivity index (χ3n) is 12.5. The van der Waals surface area contributed by atoms with Crippen molar-refractivity contribution in [2.24, 2.45) is 5.92 Å². The van der Waals surface area contributed by atoms with Crippen molar-refractivity contribution < 1.29 is 9.47 Å². The molecule has 4 aromatic carbocycles. The molecule has 0 fully saturated rings. The maximum atomic E-state index is 6.14. The first kappa shape index (κ1) is 47.9. The van der Waals surface area contributed by atoms with Gasteiger partial charge in [-0.3, -0.25) is 0 Å². The van der Waals surface area contributed by atoms with Crippen LogP contribution in [0.25, 0.3) is 0 Å². The van der Waals surface area contributed by atoms with Gasteiger partial charge in [-0.25, -0.2) is 0 Å². The quantitative estimate of drug-likeness (QED) is 0.0699. The van der Waals surface area contributed by atoms with Gasteiger partial charge < -0.3 is 9.47 Å². The minimum Gasteiger partial charge on any atom is -0.493 e. The number of aryl methyl sites for hydroxylation is 6. The normalized spacial score (nSPS) is 12.5. The summed E-state index contributed by atoms with van der Waals surface area (Å²) in [6, 6.07) is 27.5. The van der Waals surface area contributed by atoms with Crippen molar-refractivity contribution in [3.8, 4) is 11.5 Å². The maximum Gasteiger partial charge on any atom is 0.122 e. The number of unbranched alkanes of at least 4 members (excludes halogenated alkanes) is 9. The van der Waals surface area contributed by atoms with Gasteiger partial charge in [0.1, 0.15) is 11.5 Å². The molecule has 4 rings (SSSR count). The fourth-order valence-electron chi connectivity index (χ4n) is 8.07. The Morgan fingerprint density at radius 2 is 0.860 bits per heavy atom. The van der Waals surface area contributed by atoms with E-state index >= 15 is 0 Å². The second kappa shape index (κ2) is 25.1. The Morgan fingerprint density at radius 3 is 1.33 bits per heavy atom. The molecule has 0 aliphatic rings. The zero-order valence-corrected chi connectivity index (χ0v) is 38.7. The lowest BCUT2D eigenvalue weighted by Gasteiger charge is -2.28. The highest BCUT2D eigenvalue weighted by atomic mass is 16.5. The molecular formula is C55H82O2.